The molecule has 0 aliphatic carbocycles. The van der Waals surface area contributed by atoms with Crippen LogP contribution in [0.1, 0.15) is 0 Å². The van der Waals surface area contributed by atoms with Crippen molar-refractivity contribution in [3.05, 3.63) is 65.3 Å². The minimum Gasteiger partial charge on any atom is -0.355 e. The van der Waals surface area contributed by atoms with Crippen molar-refractivity contribution < 1.29 is 8.78 Å². The summed E-state index contributed by atoms with van der Waals surface area (Å²) in [4.78, 5) is 4.22. The van der Waals surface area contributed by atoms with E-state index in [0.29, 0.717) is 10.7 Å². The lowest BCUT2D eigenvalue weighted by atomic mass is 10.2. The molecule has 20 heavy (non-hydrogen) atoms. The number of benzene rings is 2. The second kappa shape index (κ2) is 5.06. The van der Waals surface area contributed by atoms with Crippen LogP contribution in [0.4, 0.5) is 20.2 Å². The molecule has 0 aliphatic heterocycles. The van der Waals surface area contributed by atoms with Gasteiger partial charge in [0.25, 0.3) is 0 Å². The van der Waals surface area contributed by atoms with E-state index >= 15 is 0 Å². The summed E-state index contributed by atoms with van der Waals surface area (Å²) in [6.45, 7) is 0. The molecule has 3 rings (SSSR count). The summed E-state index contributed by atoms with van der Waals surface area (Å²) < 4.78 is 26.1. The zero-order chi connectivity index (χ0) is 14.1. The zero-order valence-electron chi connectivity index (χ0n) is 10.2. The number of nitrogens with one attached hydrogen (secondary N) is 1. The fraction of sp³-hybridized carbons (Fsp3) is 0. The van der Waals surface area contributed by atoms with E-state index in [1.54, 1.807) is 30.5 Å². The van der Waals surface area contributed by atoms with E-state index in [4.69, 9.17) is 11.6 Å². The van der Waals surface area contributed by atoms with Gasteiger partial charge in [0.2, 0.25) is 0 Å². The number of aromatic nitrogens is 1. The monoisotopic (exact) mass is 290 g/mol. The number of rotatable bonds is 2. The smallest absolute Gasteiger partial charge is 0.160 e. The van der Waals surface area contributed by atoms with Crippen molar-refractivity contribution in [1.82, 2.24) is 4.98 Å². The van der Waals surface area contributed by atoms with E-state index in [0.717, 1.165) is 28.7 Å². The number of fused-ring (bicyclic) bond motifs is 1. The number of nitrogens with zero attached hydrogens (tertiary/aromatic N) is 1. The average Bonchev–Trinajstić information content (AvgIpc) is 2.44. The van der Waals surface area contributed by atoms with Gasteiger partial charge >= 0.3 is 0 Å². The molecular weight excluding hydrogens is 282 g/mol. The molecule has 0 aliphatic rings. The first-order valence-electron chi connectivity index (χ1n) is 5.90. The lowest BCUT2D eigenvalue weighted by Gasteiger charge is -2.10. The summed E-state index contributed by atoms with van der Waals surface area (Å²) >= 11 is 5.97. The van der Waals surface area contributed by atoms with Crippen LogP contribution < -0.4 is 5.32 Å². The number of pyridine rings is 1. The van der Waals surface area contributed by atoms with Crippen LogP contribution in [0.2, 0.25) is 5.02 Å². The van der Waals surface area contributed by atoms with Crippen LogP contribution in [0.25, 0.3) is 10.9 Å². The maximum absolute atomic E-state index is 13.2. The van der Waals surface area contributed by atoms with Crippen LogP contribution >= 0.6 is 11.6 Å². The number of hydrogen-bond acceptors (Lipinski definition) is 2. The highest BCUT2D eigenvalue weighted by Crippen LogP contribution is 2.27. The highest BCUT2D eigenvalue weighted by molar-refractivity contribution is 6.31. The lowest BCUT2D eigenvalue weighted by molar-refractivity contribution is 0.509. The van der Waals surface area contributed by atoms with Gasteiger partial charge in [-0.25, -0.2) is 8.78 Å². The fourth-order valence-corrected chi connectivity index (χ4v) is 2.13. The number of hydrogen-bond donors (Lipinski definition) is 1. The Labute approximate surface area is 119 Å². The number of halogens is 3. The summed E-state index contributed by atoms with van der Waals surface area (Å²) in [7, 11) is 0. The van der Waals surface area contributed by atoms with E-state index in [1.807, 2.05) is 0 Å². The van der Waals surface area contributed by atoms with E-state index in [9.17, 15) is 8.78 Å². The molecule has 1 N–H and O–H groups in total. The van der Waals surface area contributed by atoms with Crippen LogP contribution in [-0.4, -0.2) is 4.98 Å². The zero-order valence-corrected chi connectivity index (χ0v) is 11.0. The summed E-state index contributed by atoms with van der Waals surface area (Å²) in [5.41, 5.74) is 1.95. The summed E-state index contributed by atoms with van der Waals surface area (Å²) in [5, 5.41) is 4.43. The molecule has 2 aromatic carbocycles. The van der Waals surface area contributed by atoms with Gasteiger partial charge in [-0.3, -0.25) is 4.98 Å². The van der Waals surface area contributed by atoms with E-state index in [2.05, 4.69) is 10.3 Å². The molecule has 0 spiro atoms. The van der Waals surface area contributed by atoms with Crippen LogP contribution in [0, 0.1) is 11.6 Å². The van der Waals surface area contributed by atoms with Gasteiger partial charge < -0.3 is 5.32 Å². The molecule has 1 aromatic heterocycles. The molecular formula is C15H9ClF2N2. The second-order valence-corrected chi connectivity index (χ2v) is 4.71. The topological polar surface area (TPSA) is 24.9 Å². The first kappa shape index (κ1) is 12.8. The third-order valence-corrected chi connectivity index (χ3v) is 3.14. The van der Waals surface area contributed by atoms with Crippen molar-refractivity contribution in [2.75, 3.05) is 5.32 Å². The van der Waals surface area contributed by atoms with Crippen LogP contribution in [-0.2, 0) is 0 Å². The first-order valence-corrected chi connectivity index (χ1v) is 6.27. The fourth-order valence-electron chi connectivity index (χ4n) is 1.96. The molecule has 0 saturated carbocycles. The Morgan fingerprint density at radius 2 is 1.80 bits per heavy atom. The Bertz CT molecular complexity index is 790. The Morgan fingerprint density at radius 1 is 0.950 bits per heavy atom. The Morgan fingerprint density at radius 3 is 2.60 bits per heavy atom. The molecule has 0 unspecified atom stereocenters. The SMILES string of the molecule is Fc1ccc(Nc2ccnc3ccc(Cl)cc23)cc1F. The van der Waals surface area contributed by atoms with Gasteiger partial charge in [-0.1, -0.05) is 11.6 Å². The average molecular weight is 291 g/mol. The number of anilines is 2. The molecule has 100 valence electrons. The van der Waals surface area contributed by atoms with Crippen molar-refractivity contribution in [3.8, 4) is 0 Å². The largest absolute Gasteiger partial charge is 0.355 e. The van der Waals surface area contributed by atoms with Gasteiger partial charge in [0.1, 0.15) is 0 Å². The highest BCUT2D eigenvalue weighted by Gasteiger charge is 2.06. The molecule has 0 fully saturated rings. The van der Waals surface area contributed by atoms with Gasteiger partial charge in [-0.05, 0) is 36.4 Å². The third kappa shape index (κ3) is 2.42. The van der Waals surface area contributed by atoms with Crippen LogP contribution in [0.15, 0.2) is 48.7 Å². The molecule has 5 heteroatoms. The van der Waals surface area contributed by atoms with Gasteiger partial charge in [0.15, 0.2) is 11.6 Å². The highest BCUT2D eigenvalue weighted by atomic mass is 35.5. The van der Waals surface area contributed by atoms with E-state index in [1.165, 1.54) is 6.07 Å². The Balaban J connectivity index is 2.05. The Hall–Kier alpha value is -2.20. The lowest BCUT2D eigenvalue weighted by Crippen LogP contribution is -1.94. The van der Waals surface area contributed by atoms with E-state index in [-0.39, 0.29) is 0 Å². The maximum Gasteiger partial charge on any atom is 0.160 e. The normalized spacial score (nSPS) is 10.8. The predicted molar refractivity (Wildman–Crippen MR) is 76.4 cm³/mol. The molecule has 0 saturated heterocycles. The summed E-state index contributed by atoms with van der Waals surface area (Å²) in [6.07, 6.45) is 1.64. The van der Waals surface area contributed by atoms with Gasteiger partial charge in [0.05, 0.1) is 5.52 Å². The van der Waals surface area contributed by atoms with Crippen molar-refractivity contribution in [1.29, 1.82) is 0 Å². The molecule has 0 amide bonds. The molecule has 0 atom stereocenters. The molecule has 2 nitrogen and oxygen atoms in total. The maximum atomic E-state index is 13.2. The van der Waals surface area contributed by atoms with E-state index < -0.39 is 11.6 Å². The third-order valence-electron chi connectivity index (χ3n) is 2.90. The quantitative estimate of drug-likeness (QED) is 0.725. The van der Waals surface area contributed by atoms with Gasteiger partial charge in [-0.2, -0.15) is 0 Å². The predicted octanol–water partition coefficient (Wildman–Crippen LogP) is 4.91. The molecule has 1 heterocycles. The van der Waals surface area contributed by atoms with Crippen LogP contribution in [0.5, 0.6) is 0 Å². The minimum absolute atomic E-state index is 0.455. The standard InChI is InChI=1S/C15H9ClF2N2/c16-9-1-4-14-11(7-9)15(5-6-19-14)20-10-2-3-12(17)13(18)8-10/h1-8H,(H,19,20). The van der Waals surface area contributed by atoms with Gasteiger partial charge in [-0.15, -0.1) is 0 Å². The molecule has 0 bridgehead atoms. The minimum atomic E-state index is -0.897. The Kier molecular flexibility index (Phi) is 3.24. The van der Waals surface area contributed by atoms with Crippen molar-refractivity contribution >= 4 is 33.9 Å². The van der Waals surface area contributed by atoms with Gasteiger partial charge in [0, 0.05) is 34.0 Å². The van der Waals surface area contributed by atoms with Crippen molar-refractivity contribution in [3.63, 3.8) is 0 Å². The van der Waals surface area contributed by atoms with Crippen molar-refractivity contribution in [2.24, 2.45) is 0 Å². The molecule has 0 radical (unpaired) electrons. The first-order chi connectivity index (χ1) is 9.63. The second-order valence-electron chi connectivity index (χ2n) is 4.27. The summed E-state index contributed by atoms with van der Waals surface area (Å²) in [5.74, 6) is -1.77. The molecule has 3 aromatic rings. The van der Waals surface area contributed by atoms with Crippen molar-refractivity contribution in [2.45, 2.75) is 0 Å². The summed E-state index contributed by atoms with van der Waals surface area (Å²) in [6, 6.07) is 10.7. The van der Waals surface area contributed by atoms with Crippen LogP contribution in [0.3, 0.4) is 0 Å².